The first-order valence-electron chi connectivity index (χ1n) is 8.79. The predicted octanol–water partition coefficient (Wildman–Crippen LogP) is 4.42. The molecule has 0 spiro atoms. The van der Waals surface area contributed by atoms with Crippen LogP contribution in [0.5, 0.6) is 0 Å². The van der Waals surface area contributed by atoms with Gasteiger partial charge in [-0.05, 0) is 36.3 Å². The van der Waals surface area contributed by atoms with Crippen LogP contribution in [0.1, 0.15) is 26.3 Å². The molecule has 0 unspecified atom stereocenters. The van der Waals surface area contributed by atoms with Crippen molar-refractivity contribution in [2.24, 2.45) is 4.99 Å². The van der Waals surface area contributed by atoms with Crippen molar-refractivity contribution in [2.45, 2.75) is 57.2 Å². The van der Waals surface area contributed by atoms with Crippen LogP contribution in [0, 0.1) is 0 Å². The minimum Gasteiger partial charge on any atom is -0.467 e. The normalized spacial score (nSPS) is 24.4. The molecular formula is C20H31NO3Si. The summed E-state index contributed by atoms with van der Waals surface area (Å²) < 4.78 is 18.1. The third-order valence-corrected chi connectivity index (χ3v) is 9.68. The average Bonchev–Trinajstić information content (AvgIpc) is 2.58. The summed E-state index contributed by atoms with van der Waals surface area (Å²) >= 11 is 0. The summed E-state index contributed by atoms with van der Waals surface area (Å²) in [5, 5.41) is 0.157. The van der Waals surface area contributed by atoms with Gasteiger partial charge in [-0.15, -0.1) is 0 Å². The molecule has 138 valence electrons. The molecule has 0 aliphatic carbocycles. The Kier molecular flexibility index (Phi) is 6.24. The van der Waals surface area contributed by atoms with Crippen LogP contribution in [-0.4, -0.2) is 46.2 Å². The second kappa shape index (κ2) is 7.85. The zero-order chi connectivity index (χ0) is 18.7. The highest BCUT2D eigenvalue weighted by atomic mass is 28.4. The number of rotatable bonds is 6. The Bertz CT molecular complexity index is 607. The van der Waals surface area contributed by atoms with Gasteiger partial charge in [0.2, 0.25) is 5.90 Å². The Hall–Kier alpha value is -1.43. The van der Waals surface area contributed by atoms with Gasteiger partial charge in [-0.1, -0.05) is 45.5 Å². The highest BCUT2D eigenvalue weighted by molar-refractivity contribution is 6.74. The van der Waals surface area contributed by atoms with E-state index in [0.29, 0.717) is 12.5 Å². The maximum atomic E-state index is 6.40. The van der Waals surface area contributed by atoms with Gasteiger partial charge in [0.25, 0.3) is 0 Å². The van der Waals surface area contributed by atoms with E-state index in [1.165, 1.54) is 0 Å². The van der Waals surface area contributed by atoms with Gasteiger partial charge in [-0.3, -0.25) is 0 Å². The van der Waals surface area contributed by atoms with E-state index < -0.39 is 8.32 Å². The molecule has 1 aliphatic rings. The summed E-state index contributed by atoms with van der Waals surface area (Å²) in [6, 6.07) is 9.82. The van der Waals surface area contributed by atoms with Crippen LogP contribution in [-0.2, 0) is 13.9 Å². The Morgan fingerprint density at radius 1 is 1.24 bits per heavy atom. The summed E-state index contributed by atoms with van der Waals surface area (Å²) in [7, 11) is -0.169. The van der Waals surface area contributed by atoms with Crippen molar-refractivity contribution in [1.29, 1.82) is 0 Å². The van der Waals surface area contributed by atoms with Crippen molar-refractivity contribution >= 4 is 14.2 Å². The quantitative estimate of drug-likeness (QED) is 0.556. The van der Waals surface area contributed by atoms with Crippen molar-refractivity contribution in [1.82, 2.24) is 0 Å². The predicted molar refractivity (Wildman–Crippen MR) is 106 cm³/mol. The minimum absolute atomic E-state index is 0.119. The number of benzene rings is 1. The lowest BCUT2D eigenvalue weighted by molar-refractivity contribution is -0.0194. The Balaban J connectivity index is 2.26. The van der Waals surface area contributed by atoms with E-state index in [1.54, 1.807) is 13.2 Å². The molecule has 0 amide bonds. The molecule has 0 aromatic heterocycles. The Morgan fingerprint density at radius 3 is 2.40 bits per heavy atom. The molecule has 3 atom stereocenters. The molecule has 0 radical (unpaired) electrons. The Morgan fingerprint density at radius 2 is 1.88 bits per heavy atom. The van der Waals surface area contributed by atoms with Gasteiger partial charge in [0.1, 0.15) is 18.2 Å². The molecule has 0 N–H and O–H groups in total. The highest BCUT2D eigenvalue weighted by Gasteiger charge is 2.40. The zero-order valence-electron chi connectivity index (χ0n) is 16.3. The third kappa shape index (κ3) is 4.60. The number of ether oxygens (including phenoxy) is 2. The molecule has 1 aliphatic heterocycles. The van der Waals surface area contributed by atoms with Crippen LogP contribution in [0.25, 0.3) is 0 Å². The van der Waals surface area contributed by atoms with Gasteiger partial charge >= 0.3 is 0 Å². The van der Waals surface area contributed by atoms with Crippen LogP contribution in [0.2, 0.25) is 18.1 Å². The molecule has 0 bridgehead atoms. The van der Waals surface area contributed by atoms with Crippen molar-refractivity contribution in [3.63, 3.8) is 0 Å². The van der Waals surface area contributed by atoms with E-state index in [2.05, 4.69) is 40.4 Å². The smallest absolute Gasteiger partial charge is 0.217 e. The molecule has 4 nitrogen and oxygen atoms in total. The first-order chi connectivity index (χ1) is 11.7. The maximum absolute atomic E-state index is 6.40. The number of nitrogens with zero attached hydrogens (tertiary/aromatic N) is 1. The summed E-state index contributed by atoms with van der Waals surface area (Å²) in [4.78, 5) is 4.81. The summed E-state index contributed by atoms with van der Waals surface area (Å²) in [6.07, 6.45) is 1.34. The molecule has 5 heteroatoms. The van der Waals surface area contributed by atoms with Crippen LogP contribution in [0.3, 0.4) is 0 Å². The third-order valence-electron chi connectivity index (χ3n) is 5.18. The molecule has 25 heavy (non-hydrogen) atoms. The second-order valence-corrected chi connectivity index (χ2v) is 12.8. The fraction of sp³-hybridized carbons (Fsp3) is 0.550. The standard InChI is InChI=1S/C20H31NO3Si/c1-8-17-18(22-5)16(14-23-25(6,7)20(2,3)4)21-19(24-17)15-12-10-9-11-13-15/h8-13,16-18H,1,14H2,2-7H3/t16-,17+,18-/m1/s1. The lowest BCUT2D eigenvalue weighted by Gasteiger charge is -2.39. The summed E-state index contributed by atoms with van der Waals surface area (Å²) in [6.45, 7) is 15.6. The zero-order valence-corrected chi connectivity index (χ0v) is 17.3. The number of methoxy groups -OCH3 is 1. The lowest BCUT2D eigenvalue weighted by Crippen LogP contribution is -2.49. The monoisotopic (exact) mass is 361 g/mol. The fourth-order valence-corrected chi connectivity index (χ4v) is 3.53. The van der Waals surface area contributed by atoms with Crippen LogP contribution >= 0.6 is 0 Å². The largest absolute Gasteiger partial charge is 0.467 e. The highest BCUT2D eigenvalue weighted by Crippen LogP contribution is 2.37. The van der Waals surface area contributed by atoms with E-state index >= 15 is 0 Å². The SMILES string of the molecule is C=C[C@@H]1OC(c2ccccc2)=N[C@H](CO[Si](C)(C)C(C)(C)C)[C@H]1OC. The van der Waals surface area contributed by atoms with Gasteiger partial charge in [0.05, 0.1) is 6.61 Å². The number of hydrogen-bond donors (Lipinski definition) is 0. The fourth-order valence-electron chi connectivity index (χ4n) is 2.51. The lowest BCUT2D eigenvalue weighted by atomic mass is 10.0. The Labute approximate surface area is 153 Å². The molecule has 0 saturated heterocycles. The molecule has 0 fully saturated rings. The molecule has 1 heterocycles. The van der Waals surface area contributed by atoms with E-state index in [9.17, 15) is 0 Å². The molecule has 1 aromatic carbocycles. The number of hydrogen-bond acceptors (Lipinski definition) is 4. The van der Waals surface area contributed by atoms with Crippen molar-refractivity contribution in [3.8, 4) is 0 Å². The molecule has 0 saturated carbocycles. The summed E-state index contributed by atoms with van der Waals surface area (Å²) in [5.74, 6) is 0.627. The first-order valence-corrected chi connectivity index (χ1v) is 11.7. The number of aliphatic imine (C=N–C) groups is 1. The van der Waals surface area contributed by atoms with Crippen molar-refractivity contribution in [2.75, 3.05) is 13.7 Å². The van der Waals surface area contributed by atoms with Crippen molar-refractivity contribution in [3.05, 3.63) is 48.6 Å². The molecular weight excluding hydrogens is 330 g/mol. The molecule has 1 aromatic rings. The van der Waals surface area contributed by atoms with Crippen molar-refractivity contribution < 1.29 is 13.9 Å². The minimum atomic E-state index is -1.86. The van der Waals surface area contributed by atoms with E-state index in [-0.39, 0.29) is 23.3 Å². The second-order valence-electron chi connectivity index (χ2n) is 7.96. The maximum Gasteiger partial charge on any atom is 0.217 e. The summed E-state index contributed by atoms with van der Waals surface area (Å²) in [5.41, 5.74) is 0.959. The van der Waals surface area contributed by atoms with E-state index in [4.69, 9.17) is 18.9 Å². The van der Waals surface area contributed by atoms with Gasteiger partial charge in [-0.25, -0.2) is 4.99 Å². The average molecular weight is 362 g/mol. The van der Waals surface area contributed by atoms with E-state index in [1.807, 2.05) is 30.3 Å². The van der Waals surface area contributed by atoms with Crippen LogP contribution in [0.4, 0.5) is 0 Å². The van der Waals surface area contributed by atoms with E-state index in [0.717, 1.165) is 5.56 Å². The van der Waals surface area contributed by atoms with Gasteiger partial charge < -0.3 is 13.9 Å². The van der Waals surface area contributed by atoms with Crippen LogP contribution in [0.15, 0.2) is 48.0 Å². The first kappa shape index (κ1) is 19.9. The van der Waals surface area contributed by atoms with Crippen LogP contribution < -0.4 is 0 Å². The van der Waals surface area contributed by atoms with Gasteiger partial charge in [-0.2, -0.15) is 0 Å². The van der Waals surface area contributed by atoms with Gasteiger partial charge in [0.15, 0.2) is 8.32 Å². The van der Waals surface area contributed by atoms with Gasteiger partial charge in [0, 0.05) is 12.7 Å². The topological polar surface area (TPSA) is 40.0 Å². The molecule has 2 rings (SSSR count).